The third kappa shape index (κ3) is 5.03. The molecule has 7 nitrogen and oxygen atoms in total. The standard InChI is InChI=1S/C18H24N4O3/c1-15-17(20-25-19-15)14-21-9-11-22(12-10-21)18(23)8-5-13-24-16-6-3-2-4-7-16/h2-4,6-7H,5,8-14H2,1H3. The number of hydrogen-bond donors (Lipinski definition) is 0. The normalized spacial score (nSPS) is 15.3. The van der Waals surface area contributed by atoms with Crippen molar-refractivity contribution in [3.05, 3.63) is 41.7 Å². The number of ether oxygens (including phenoxy) is 1. The van der Waals surface area contributed by atoms with E-state index >= 15 is 0 Å². The van der Waals surface area contributed by atoms with E-state index in [1.165, 1.54) is 0 Å². The fourth-order valence-corrected chi connectivity index (χ4v) is 2.85. The Morgan fingerprint density at radius 3 is 2.60 bits per heavy atom. The molecule has 1 aliphatic rings. The van der Waals surface area contributed by atoms with Crippen molar-refractivity contribution >= 4 is 5.91 Å². The van der Waals surface area contributed by atoms with Crippen LogP contribution in [0.25, 0.3) is 0 Å². The van der Waals surface area contributed by atoms with Crippen LogP contribution in [0.5, 0.6) is 5.75 Å². The molecular weight excluding hydrogens is 320 g/mol. The van der Waals surface area contributed by atoms with Gasteiger partial charge in [-0.2, -0.15) is 0 Å². The molecule has 1 saturated heterocycles. The van der Waals surface area contributed by atoms with Crippen LogP contribution in [-0.4, -0.2) is 58.8 Å². The molecule has 0 bridgehead atoms. The number of carbonyl (C=O) groups excluding carboxylic acids is 1. The number of amides is 1. The van der Waals surface area contributed by atoms with Gasteiger partial charge < -0.3 is 9.64 Å². The summed E-state index contributed by atoms with van der Waals surface area (Å²) in [6.45, 7) is 6.38. The van der Waals surface area contributed by atoms with Crippen LogP contribution in [0.15, 0.2) is 35.0 Å². The molecule has 25 heavy (non-hydrogen) atoms. The number of hydrogen-bond acceptors (Lipinski definition) is 6. The van der Waals surface area contributed by atoms with Crippen LogP contribution >= 0.6 is 0 Å². The number of aromatic nitrogens is 2. The molecule has 1 amide bonds. The fraction of sp³-hybridized carbons (Fsp3) is 0.500. The second kappa shape index (κ2) is 8.62. The molecule has 2 aromatic rings. The third-order valence-corrected chi connectivity index (χ3v) is 4.39. The van der Waals surface area contributed by atoms with Crippen molar-refractivity contribution in [2.24, 2.45) is 0 Å². The van der Waals surface area contributed by atoms with E-state index in [1.54, 1.807) is 0 Å². The van der Waals surface area contributed by atoms with E-state index in [0.717, 1.165) is 56.3 Å². The van der Waals surface area contributed by atoms with Gasteiger partial charge in [-0.3, -0.25) is 9.69 Å². The van der Waals surface area contributed by atoms with Gasteiger partial charge in [-0.25, -0.2) is 4.63 Å². The minimum Gasteiger partial charge on any atom is -0.494 e. The average Bonchev–Trinajstić information content (AvgIpc) is 3.05. The van der Waals surface area contributed by atoms with Crippen LogP contribution in [0.1, 0.15) is 24.2 Å². The number of carbonyl (C=O) groups is 1. The van der Waals surface area contributed by atoms with Crippen LogP contribution in [0, 0.1) is 6.92 Å². The van der Waals surface area contributed by atoms with Gasteiger partial charge in [-0.05, 0) is 25.5 Å². The maximum atomic E-state index is 12.3. The van der Waals surface area contributed by atoms with Gasteiger partial charge in [0.1, 0.15) is 17.1 Å². The number of nitrogens with zero attached hydrogens (tertiary/aromatic N) is 4. The molecule has 0 unspecified atom stereocenters. The lowest BCUT2D eigenvalue weighted by Crippen LogP contribution is -2.48. The highest BCUT2D eigenvalue weighted by Crippen LogP contribution is 2.12. The van der Waals surface area contributed by atoms with Gasteiger partial charge in [0.2, 0.25) is 5.91 Å². The summed E-state index contributed by atoms with van der Waals surface area (Å²) < 4.78 is 10.4. The van der Waals surface area contributed by atoms with E-state index in [1.807, 2.05) is 42.2 Å². The van der Waals surface area contributed by atoms with Crippen molar-refractivity contribution in [2.75, 3.05) is 32.8 Å². The third-order valence-electron chi connectivity index (χ3n) is 4.39. The van der Waals surface area contributed by atoms with E-state index in [0.29, 0.717) is 13.0 Å². The zero-order valence-corrected chi connectivity index (χ0v) is 14.6. The van der Waals surface area contributed by atoms with Crippen LogP contribution in [0.2, 0.25) is 0 Å². The highest BCUT2D eigenvalue weighted by molar-refractivity contribution is 5.76. The van der Waals surface area contributed by atoms with Crippen LogP contribution < -0.4 is 4.74 Å². The van der Waals surface area contributed by atoms with Gasteiger partial charge in [0.25, 0.3) is 0 Å². The summed E-state index contributed by atoms with van der Waals surface area (Å²) in [5, 5.41) is 7.72. The molecular formula is C18H24N4O3. The summed E-state index contributed by atoms with van der Waals surface area (Å²) in [5.74, 6) is 1.05. The lowest BCUT2D eigenvalue weighted by molar-refractivity contribution is -0.133. The molecule has 1 aromatic carbocycles. The van der Waals surface area contributed by atoms with Crippen LogP contribution in [-0.2, 0) is 11.3 Å². The Morgan fingerprint density at radius 1 is 1.16 bits per heavy atom. The second-order valence-corrected chi connectivity index (χ2v) is 6.22. The number of rotatable bonds is 7. The van der Waals surface area contributed by atoms with Crippen LogP contribution in [0.3, 0.4) is 0 Å². The van der Waals surface area contributed by atoms with Crippen molar-refractivity contribution < 1.29 is 14.2 Å². The number of para-hydroxylation sites is 1. The monoisotopic (exact) mass is 344 g/mol. The molecule has 0 aliphatic carbocycles. The molecule has 7 heteroatoms. The molecule has 134 valence electrons. The quantitative estimate of drug-likeness (QED) is 0.714. The van der Waals surface area contributed by atoms with E-state index in [4.69, 9.17) is 9.37 Å². The number of benzene rings is 1. The van der Waals surface area contributed by atoms with Crippen molar-refractivity contribution in [3.63, 3.8) is 0 Å². The first-order chi connectivity index (χ1) is 12.2. The average molecular weight is 344 g/mol. The van der Waals surface area contributed by atoms with Gasteiger partial charge in [-0.15, -0.1) is 0 Å². The Labute approximate surface area is 147 Å². The van der Waals surface area contributed by atoms with Gasteiger partial charge in [0, 0.05) is 39.1 Å². The first kappa shape index (κ1) is 17.4. The lowest BCUT2D eigenvalue weighted by Gasteiger charge is -2.34. The molecule has 0 radical (unpaired) electrons. The largest absolute Gasteiger partial charge is 0.494 e. The lowest BCUT2D eigenvalue weighted by atomic mass is 10.2. The van der Waals surface area contributed by atoms with Gasteiger partial charge in [-0.1, -0.05) is 28.5 Å². The summed E-state index contributed by atoms with van der Waals surface area (Å²) in [5.41, 5.74) is 1.70. The Hall–Kier alpha value is -2.41. The first-order valence-corrected chi connectivity index (χ1v) is 8.68. The highest BCUT2D eigenvalue weighted by Gasteiger charge is 2.22. The molecule has 1 fully saturated rings. The SMILES string of the molecule is Cc1nonc1CN1CCN(C(=O)CCCOc2ccccc2)CC1. The predicted molar refractivity (Wildman–Crippen MR) is 92.1 cm³/mol. The molecule has 0 saturated carbocycles. The van der Waals surface area contributed by atoms with E-state index in [9.17, 15) is 4.79 Å². The maximum absolute atomic E-state index is 12.3. The van der Waals surface area contributed by atoms with E-state index in [2.05, 4.69) is 15.2 Å². The van der Waals surface area contributed by atoms with Gasteiger partial charge in [0.05, 0.1) is 6.61 Å². The molecule has 3 rings (SSSR count). The summed E-state index contributed by atoms with van der Waals surface area (Å²) in [6.07, 6.45) is 1.26. The minimum atomic E-state index is 0.204. The van der Waals surface area contributed by atoms with Gasteiger partial charge >= 0.3 is 0 Å². The Kier molecular flexibility index (Phi) is 6.00. The molecule has 2 heterocycles. The summed E-state index contributed by atoms with van der Waals surface area (Å²) in [4.78, 5) is 16.5. The van der Waals surface area contributed by atoms with Crippen molar-refractivity contribution in [3.8, 4) is 5.75 Å². The molecule has 1 aliphatic heterocycles. The van der Waals surface area contributed by atoms with Crippen molar-refractivity contribution in [1.82, 2.24) is 20.1 Å². The fourth-order valence-electron chi connectivity index (χ4n) is 2.85. The van der Waals surface area contributed by atoms with Crippen molar-refractivity contribution in [1.29, 1.82) is 0 Å². The number of piperazine rings is 1. The summed E-state index contributed by atoms with van der Waals surface area (Å²) in [6, 6.07) is 9.68. The second-order valence-electron chi connectivity index (χ2n) is 6.22. The van der Waals surface area contributed by atoms with E-state index < -0.39 is 0 Å². The highest BCUT2D eigenvalue weighted by atomic mass is 16.6. The molecule has 0 atom stereocenters. The van der Waals surface area contributed by atoms with Gasteiger partial charge in [0.15, 0.2) is 0 Å². The zero-order valence-electron chi connectivity index (χ0n) is 14.6. The van der Waals surface area contributed by atoms with Crippen LogP contribution in [0.4, 0.5) is 0 Å². The smallest absolute Gasteiger partial charge is 0.222 e. The Bertz CT molecular complexity index is 666. The molecule has 1 aromatic heterocycles. The zero-order chi connectivity index (χ0) is 17.5. The maximum Gasteiger partial charge on any atom is 0.222 e. The van der Waals surface area contributed by atoms with Crippen molar-refractivity contribution in [2.45, 2.75) is 26.3 Å². The minimum absolute atomic E-state index is 0.204. The Balaban J connectivity index is 1.33. The predicted octanol–water partition coefficient (Wildman–Crippen LogP) is 1.88. The number of aryl methyl sites for hydroxylation is 1. The first-order valence-electron chi connectivity index (χ1n) is 8.68. The van der Waals surface area contributed by atoms with E-state index in [-0.39, 0.29) is 5.91 Å². The Morgan fingerprint density at radius 2 is 1.92 bits per heavy atom. The topological polar surface area (TPSA) is 71.7 Å². The molecule has 0 N–H and O–H groups in total. The summed E-state index contributed by atoms with van der Waals surface area (Å²) in [7, 11) is 0. The summed E-state index contributed by atoms with van der Waals surface area (Å²) >= 11 is 0. The molecule has 0 spiro atoms.